The van der Waals surface area contributed by atoms with Crippen LogP contribution in [0.5, 0.6) is 0 Å². The molecule has 0 bridgehead atoms. The van der Waals surface area contributed by atoms with Gasteiger partial charge in [0.2, 0.25) is 11.8 Å². The largest absolute Gasteiger partial charge is 0.350 e. The maximum absolute atomic E-state index is 12.5. The summed E-state index contributed by atoms with van der Waals surface area (Å²) < 4.78 is 0. The summed E-state index contributed by atoms with van der Waals surface area (Å²) in [7, 11) is 0. The van der Waals surface area contributed by atoms with Gasteiger partial charge in [0.05, 0.1) is 6.04 Å². The summed E-state index contributed by atoms with van der Waals surface area (Å²) in [5, 5.41) is 3.01. The fourth-order valence-corrected chi connectivity index (χ4v) is 3.61. The van der Waals surface area contributed by atoms with Crippen LogP contribution in [0.4, 0.5) is 0 Å². The van der Waals surface area contributed by atoms with Gasteiger partial charge in [0.25, 0.3) is 0 Å². The minimum Gasteiger partial charge on any atom is -0.350 e. The van der Waals surface area contributed by atoms with Crippen molar-refractivity contribution < 1.29 is 9.59 Å². The average molecular weight is 346 g/mol. The molecule has 0 aromatic carbocycles. The number of amides is 2. The van der Waals surface area contributed by atoms with Gasteiger partial charge in [-0.15, -0.1) is 12.4 Å². The SMILES string of the molecule is CC(C)C[C@H](N)C(=O)NC1CCN(C(=O)C2CCCCC2)C1.Cl. The number of nitrogens with one attached hydrogen (secondary N) is 1. The fourth-order valence-electron chi connectivity index (χ4n) is 3.61. The van der Waals surface area contributed by atoms with Gasteiger partial charge in [0, 0.05) is 25.0 Å². The predicted octanol–water partition coefficient (Wildman–Crippen LogP) is 2.08. The zero-order valence-electron chi connectivity index (χ0n) is 14.4. The number of rotatable bonds is 5. The highest BCUT2D eigenvalue weighted by molar-refractivity contribution is 5.85. The van der Waals surface area contributed by atoms with Gasteiger partial charge in [-0.25, -0.2) is 0 Å². The Morgan fingerprint density at radius 3 is 2.43 bits per heavy atom. The van der Waals surface area contributed by atoms with E-state index in [0.717, 1.165) is 25.8 Å². The smallest absolute Gasteiger partial charge is 0.237 e. The summed E-state index contributed by atoms with van der Waals surface area (Å²) in [5.74, 6) is 0.841. The Balaban J connectivity index is 0.00000264. The van der Waals surface area contributed by atoms with Crippen molar-refractivity contribution in [2.45, 2.75) is 70.9 Å². The van der Waals surface area contributed by atoms with E-state index in [9.17, 15) is 9.59 Å². The van der Waals surface area contributed by atoms with E-state index < -0.39 is 6.04 Å². The van der Waals surface area contributed by atoms with Gasteiger partial charge in [0.1, 0.15) is 0 Å². The quantitative estimate of drug-likeness (QED) is 0.801. The first kappa shape index (κ1) is 20.2. The molecule has 2 amide bonds. The van der Waals surface area contributed by atoms with Crippen LogP contribution in [0.3, 0.4) is 0 Å². The van der Waals surface area contributed by atoms with Crippen LogP contribution in [-0.4, -0.2) is 41.9 Å². The molecule has 134 valence electrons. The zero-order valence-corrected chi connectivity index (χ0v) is 15.2. The first-order valence-electron chi connectivity index (χ1n) is 8.82. The predicted molar refractivity (Wildman–Crippen MR) is 94.4 cm³/mol. The van der Waals surface area contributed by atoms with Crippen molar-refractivity contribution in [2.24, 2.45) is 17.6 Å². The van der Waals surface area contributed by atoms with Crippen LogP contribution in [0.25, 0.3) is 0 Å². The third kappa shape index (κ3) is 5.96. The lowest BCUT2D eigenvalue weighted by Gasteiger charge is -2.26. The molecule has 2 atom stereocenters. The summed E-state index contributed by atoms with van der Waals surface area (Å²) in [6.45, 7) is 5.54. The molecule has 6 heteroatoms. The molecular weight excluding hydrogens is 314 g/mol. The standard InChI is InChI=1S/C17H31N3O2.ClH/c1-12(2)10-15(18)16(21)19-14-8-9-20(11-14)17(22)13-6-4-3-5-7-13;/h12-15H,3-11,18H2,1-2H3,(H,19,21);1H/t14?,15-;/m0./s1. The highest BCUT2D eigenvalue weighted by Gasteiger charge is 2.32. The number of nitrogens with zero attached hydrogens (tertiary/aromatic N) is 1. The molecule has 0 spiro atoms. The van der Waals surface area contributed by atoms with Gasteiger partial charge in [-0.05, 0) is 31.6 Å². The second-order valence-electron chi connectivity index (χ2n) is 7.35. The van der Waals surface area contributed by atoms with Crippen molar-refractivity contribution >= 4 is 24.2 Å². The lowest BCUT2D eigenvalue weighted by molar-refractivity contribution is -0.135. The monoisotopic (exact) mass is 345 g/mol. The first-order valence-corrected chi connectivity index (χ1v) is 8.82. The molecule has 1 aliphatic carbocycles. The van der Waals surface area contributed by atoms with Crippen molar-refractivity contribution in [3.63, 3.8) is 0 Å². The third-order valence-corrected chi connectivity index (χ3v) is 4.86. The van der Waals surface area contributed by atoms with Crippen LogP contribution in [0.2, 0.25) is 0 Å². The van der Waals surface area contributed by atoms with Crippen molar-refractivity contribution in [2.75, 3.05) is 13.1 Å². The molecule has 2 fully saturated rings. The number of hydrogen-bond acceptors (Lipinski definition) is 3. The van der Waals surface area contributed by atoms with Crippen molar-refractivity contribution in [1.82, 2.24) is 10.2 Å². The van der Waals surface area contributed by atoms with Crippen molar-refractivity contribution in [3.8, 4) is 0 Å². The molecule has 1 unspecified atom stereocenters. The van der Waals surface area contributed by atoms with Crippen molar-refractivity contribution in [1.29, 1.82) is 0 Å². The average Bonchev–Trinajstić information content (AvgIpc) is 2.95. The maximum Gasteiger partial charge on any atom is 0.237 e. The topological polar surface area (TPSA) is 75.4 Å². The van der Waals surface area contributed by atoms with Crippen LogP contribution in [-0.2, 0) is 9.59 Å². The normalized spacial score (nSPS) is 23.5. The van der Waals surface area contributed by atoms with E-state index >= 15 is 0 Å². The van der Waals surface area contributed by atoms with E-state index in [1.165, 1.54) is 19.3 Å². The Kier molecular flexibility index (Phi) is 8.34. The number of carbonyl (C=O) groups excluding carboxylic acids is 2. The Bertz CT molecular complexity index is 397. The molecule has 1 saturated carbocycles. The van der Waals surface area contributed by atoms with E-state index in [4.69, 9.17) is 5.73 Å². The molecule has 0 aromatic rings. The van der Waals surface area contributed by atoms with Crippen LogP contribution in [0, 0.1) is 11.8 Å². The molecule has 2 rings (SSSR count). The molecule has 5 nitrogen and oxygen atoms in total. The number of halogens is 1. The second-order valence-corrected chi connectivity index (χ2v) is 7.35. The first-order chi connectivity index (χ1) is 10.5. The van der Waals surface area contributed by atoms with Gasteiger partial charge in [-0.2, -0.15) is 0 Å². The van der Waals surface area contributed by atoms with Gasteiger partial charge in [-0.1, -0.05) is 33.1 Å². The van der Waals surface area contributed by atoms with E-state index in [0.29, 0.717) is 24.8 Å². The molecular formula is C17H32ClN3O2. The zero-order chi connectivity index (χ0) is 16.1. The molecule has 3 N–H and O–H groups in total. The molecule has 2 aliphatic rings. The third-order valence-electron chi connectivity index (χ3n) is 4.86. The molecule has 0 aromatic heterocycles. The Hall–Kier alpha value is -0.810. The van der Waals surface area contributed by atoms with E-state index in [-0.39, 0.29) is 30.3 Å². The second kappa shape index (κ2) is 9.48. The number of likely N-dealkylation sites (tertiary alicyclic amines) is 1. The van der Waals surface area contributed by atoms with E-state index in [1.807, 2.05) is 4.90 Å². The summed E-state index contributed by atoms with van der Waals surface area (Å²) in [4.78, 5) is 26.5. The van der Waals surface area contributed by atoms with E-state index in [1.54, 1.807) is 0 Å². The Morgan fingerprint density at radius 2 is 1.83 bits per heavy atom. The summed E-state index contributed by atoms with van der Waals surface area (Å²) in [6.07, 6.45) is 7.22. The lowest BCUT2D eigenvalue weighted by Crippen LogP contribution is -2.47. The summed E-state index contributed by atoms with van der Waals surface area (Å²) in [6, 6.07) is -0.374. The number of nitrogens with two attached hydrogens (primary N) is 1. The van der Waals surface area contributed by atoms with Crippen LogP contribution in [0.15, 0.2) is 0 Å². The molecule has 23 heavy (non-hydrogen) atoms. The van der Waals surface area contributed by atoms with Crippen LogP contribution >= 0.6 is 12.4 Å². The minimum atomic E-state index is -0.442. The van der Waals surface area contributed by atoms with Crippen molar-refractivity contribution in [3.05, 3.63) is 0 Å². The molecule has 1 heterocycles. The van der Waals surface area contributed by atoms with E-state index in [2.05, 4.69) is 19.2 Å². The molecule has 1 saturated heterocycles. The molecule has 0 radical (unpaired) electrons. The summed E-state index contributed by atoms with van der Waals surface area (Å²) in [5.41, 5.74) is 5.92. The van der Waals surface area contributed by atoms with Gasteiger partial charge >= 0.3 is 0 Å². The number of carbonyl (C=O) groups is 2. The Morgan fingerprint density at radius 1 is 1.17 bits per heavy atom. The highest BCUT2D eigenvalue weighted by Crippen LogP contribution is 2.26. The summed E-state index contributed by atoms with van der Waals surface area (Å²) >= 11 is 0. The highest BCUT2D eigenvalue weighted by atomic mass is 35.5. The minimum absolute atomic E-state index is 0. The lowest BCUT2D eigenvalue weighted by atomic mass is 9.88. The van der Waals surface area contributed by atoms with Crippen LogP contribution < -0.4 is 11.1 Å². The van der Waals surface area contributed by atoms with Gasteiger partial charge < -0.3 is 16.0 Å². The fraction of sp³-hybridized carbons (Fsp3) is 0.882. The molecule has 1 aliphatic heterocycles. The Labute approximate surface area is 146 Å². The van der Waals surface area contributed by atoms with Crippen LogP contribution in [0.1, 0.15) is 58.8 Å². The number of hydrogen-bond donors (Lipinski definition) is 2. The van der Waals surface area contributed by atoms with Gasteiger partial charge in [-0.3, -0.25) is 9.59 Å². The van der Waals surface area contributed by atoms with Gasteiger partial charge in [0.15, 0.2) is 0 Å². The maximum atomic E-state index is 12.5.